The molecule has 0 aromatic carbocycles. The summed E-state index contributed by atoms with van der Waals surface area (Å²) in [6, 6.07) is 0.624. The molecule has 1 heterocycles. The van der Waals surface area contributed by atoms with Crippen LogP contribution in [0.1, 0.15) is 52.4 Å². The van der Waals surface area contributed by atoms with E-state index in [1.54, 1.807) is 0 Å². The van der Waals surface area contributed by atoms with Crippen LogP contribution in [0.3, 0.4) is 0 Å². The molecule has 0 aromatic heterocycles. The van der Waals surface area contributed by atoms with Gasteiger partial charge in [-0.1, -0.05) is 26.7 Å². The molecule has 0 spiro atoms. The fraction of sp³-hybridized carbons (Fsp3) is 1.00. The van der Waals surface area contributed by atoms with E-state index in [0.717, 1.165) is 18.9 Å². The maximum absolute atomic E-state index is 10.1. The van der Waals surface area contributed by atoms with Gasteiger partial charge in [0.2, 0.25) is 0 Å². The molecule has 118 valence electrons. The van der Waals surface area contributed by atoms with Crippen molar-refractivity contribution in [2.24, 2.45) is 17.8 Å². The lowest BCUT2D eigenvalue weighted by atomic mass is 9.87. The molecular weight excluding hydrogens is 248 g/mol. The van der Waals surface area contributed by atoms with Crippen molar-refractivity contribution in [1.29, 1.82) is 0 Å². The van der Waals surface area contributed by atoms with Crippen molar-refractivity contribution >= 4 is 0 Å². The Morgan fingerprint density at radius 1 is 1.15 bits per heavy atom. The summed E-state index contributed by atoms with van der Waals surface area (Å²) >= 11 is 0. The van der Waals surface area contributed by atoms with Crippen molar-refractivity contribution in [3.63, 3.8) is 0 Å². The van der Waals surface area contributed by atoms with E-state index in [1.807, 2.05) is 0 Å². The molecule has 2 N–H and O–H groups in total. The highest BCUT2D eigenvalue weighted by Crippen LogP contribution is 2.26. The van der Waals surface area contributed by atoms with Crippen LogP contribution in [0.25, 0.3) is 0 Å². The van der Waals surface area contributed by atoms with Crippen molar-refractivity contribution < 1.29 is 5.11 Å². The third kappa shape index (κ3) is 5.01. The summed E-state index contributed by atoms with van der Waals surface area (Å²) in [7, 11) is 2.22. The zero-order chi connectivity index (χ0) is 14.5. The molecule has 1 saturated carbocycles. The number of aliphatic hydroxyl groups is 1. The van der Waals surface area contributed by atoms with Crippen LogP contribution in [0.15, 0.2) is 0 Å². The minimum absolute atomic E-state index is 0.137. The van der Waals surface area contributed by atoms with Gasteiger partial charge in [-0.2, -0.15) is 0 Å². The molecule has 1 saturated heterocycles. The highest BCUT2D eigenvalue weighted by molar-refractivity contribution is 4.85. The van der Waals surface area contributed by atoms with Crippen LogP contribution < -0.4 is 5.32 Å². The summed E-state index contributed by atoms with van der Waals surface area (Å²) in [4.78, 5) is 2.44. The van der Waals surface area contributed by atoms with Gasteiger partial charge in [0.05, 0.1) is 6.10 Å². The maximum Gasteiger partial charge on any atom is 0.0566 e. The van der Waals surface area contributed by atoms with E-state index in [1.165, 1.54) is 45.2 Å². The fourth-order valence-corrected chi connectivity index (χ4v) is 3.92. The minimum Gasteiger partial charge on any atom is -0.393 e. The summed E-state index contributed by atoms with van der Waals surface area (Å²) in [5.74, 6) is 1.95. The quantitative estimate of drug-likeness (QED) is 0.786. The number of rotatable bonds is 6. The van der Waals surface area contributed by atoms with Gasteiger partial charge in [-0.3, -0.25) is 0 Å². The number of likely N-dealkylation sites (N-methyl/N-ethyl adjacent to an activating group) is 1. The lowest BCUT2D eigenvalue weighted by Crippen LogP contribution is -2.49. The van der Waals surface area contributed by atoms with Crippen LogP contribution in [0.4, 0.5) is 0 Å². The second kappa shape index (κ2) is 7.77. The van der Waals surface area contributed by atoms with Gasteiger partial charge in [-0.05, 0) is 57.0 Å². The van der Waals surface area contributed by atoms with Crippen molar-refractivity contribution in [1.82, 2.24) is 10.2 Å². The second-order valence-corrected chi connectivity index (χ2v) is 7.63. The number of aliphatic hydroxyl groups excluding tert-OH is 1. The molecule has 2 rings (SSSR count). The Bertz CT molecular complexity index is 276. The number of likely N-dealkylation sites (tertiary alicyclic amines) is 1. The zero-order valence-electron chi connectivity index (χ0n) is 13.6. The molecule has 0 amide bonds. The van der Waals surface area contributed by atoms with Gasteiger partial charge in [0.1, 0.15) is 0 Å². The number of hydrogen-bond acceptors (Lipinski definition) is 3. The molecule has 2 aliphatic rings. The second-order valence-electron chi connectivity index (χ2n) is 7.63. The Kier molecular flexibility index (Phi) is 6.31. The number of piperidine rings is 1. The van der Waals surface area contributed by atoms with E-state index in [9.17, 15) is 5.11 Å². The van der Waals surface area contributed by atoms with Gasteiger partial charge >= 0.3 is 0 Å². The van der Waals surface area contributed by atoms with Crippen LogP contribution in [0.2, 0.25) is 0 Å². The Morgan fingerprint density at radius 2 is 1.85 bits per heavy atom. The Hall–Kier alpha value is -0.120. The molecule has 0 bridgehead atoms. The van der Waals surface area contributed by atoms with Crippen LogP contribution in [-0.4, -0.2) is 48.8 Å². The average Bonchev–Trinajstić information content (AvgIpc) is 2.88. The van der Waals surface area contributed by atoms with Gasteiger partial charge in [0.25, 0.3) is 0 Å². The fourth-order valence-electron chi connectivity index (χ4n) is 3.92. The third-order valence-electron chi connectivity index (χ3n) is 5.23. The smallest absolute Gasteiger partial charge is 0.0566 e. The van der Waals surface area contributed by atoms with E-state index in [-0.39, 0.29) is 6.10 Å². The number of hydrogen-bond donors (Lipinski definition) is 2. The molecule has 3 atom stereocenters. The number of nitrogens with one attached hydrogen (secondary N) is 1. The highest BCUT2D eigenvalue weighted by atomic mass is 16.3. The van der Waals surface area contributed by atoms with Crippen LogP contribution >= 0.6 is 0 Å². The molecule has 3 unspecified atom stereocenters. The van der Waals surface area contributed by atoms with Crippen molar-refractivity contribution in [2.75, 3.05) is 26.7 Å². The topological polar surface area (TPSA) is 35.5 Å². The largest absolute Gasteiger partial charge is 0.393 e. The SMILES string of the molecule is CC(C)C(O)CC1CC(NCC2CCCC2)CN(C)C1. The van der Waals surface area contributed by atoms with E-state index in [2.05, 4.69) is 31.1 Å². The lowest BCUT2D eigenvalue weighted by Gasteiger charge is -2.37. The zero-order valence-corrected chi connectivity index (χ0v) is 13.6. The molecule has 20 heavy (non-hydrogen) atoms. The van der Waals surface area contributed by atoms with Crippen molar-refractivity contribution in [3.05, 3.63) is 0 Å². The van der Waals surface area contributed by atoms with E-state index >= 15 is 0 Å². The predicted molar refractivity (Wildman–Crippen MR) is 84.8 cm³/mol. The molecular formula is C17H34N2O. The van der Waals surface area contributed by atoms with Crippen LogP contribution in [-0.2, 0) is 0 Å². The molecule has 0 radical (unpaired) electrons. The van der Waals surface area contributed by atoms with Gasteiger partial charge in [0, 0.05) is 19.1 Å². The van der Waals surface area contributed by atoms with E-state index < -0.39 is 0 Å². The van der Waals surface area contributed by atoms with Crippen molar-refractivity contribution in [2.45, 2.75) is 64.5 Å². The van der Waals surface area contributed by atoms with E-state index in [4.69, 9.17) is 0 Å². The summed E-state index contributed by atoms with van der Waals surface area (Å²) in [5.41, 5.74) is 0. The Labute approximate surface area is 125 Å². The van der Waals surface area contributed by atoms with Gasteiger partial charge in [-0.15, -0.1) is 0 Å². The third-order valence-corrected chi connectivity index (χ3v) is 5.23. The lowest BCUT2D eigenvalue weighted by molar-refractivity contribution is 0.0681. The molecule has 0 aromatic rings. The Balaban J connectivity index is 1.75. The normalized spacial score (nSPS) is 31.1. The van der Waals surface area contributed by atoms with E-state index in [0.29, 0.717) is 17.9 Å². The summed E-state index contributed by atoms with van der Waals surface area (Å²) in [6.07, 6.45) is 7.77. The van der Waals surface area contributed by atoms with Crippen molar-refractivity contribution in [3.8, 4) is 0 Å². The first kappa shape index (κ1) is 16.3. The molecule has 2 fully saturated rings. The predicted octanol–water partition coefficient (Wildman–Crippen LogP) is 2.49. The standard InChI is InChI=1S/C17H34N2O/c1-13(2)17(20)9-15-8-16(12-19(3)11-15)18-10-14-6-4-5-7-14/h13-18,20H,4-12H2,1-3H3. The molecule has 1 aliphatic heterocycles. The first-order valence-corrected chi connectivity index (χ1v) is 8.64. The Morgan fingerprint density at radius 3 is 2.50 bits per heavy atom. The molecule has 3 nitrogen and oxygen atoms in total. The van der Waals surface area contributed by atoms with Gasteiger partial charge in [0.15, 0.2) is 0 Å². The summed E-state index contributed by atoms with van der Waals surface area (Å²) in [6.45, 7) is 7.75. The highest BCUT2D eigenvalue weighted by Gasteiger charge is 2.28. The summed E-state index contributed by atoms with van der Waals surface area (Å²) in [5, 5.41) is 13.9. The van der Waals surface area contributed by atoms with Crippen LogP contribution in [0, 0.1) is 17.8 Å². The first-order chi connectivity index (χ1) is 9.54. The summed E-state index contributed by atoms with van der Waals surface area (Å²) < 4.78 is 0. The molecule has 1 aliphatic carbocycles. The number of nitrogens with zero attached hydrogens (tertiary/aromatic N) is 1. The van der Waals surface area contributed by atoms with Gasteiger partial charge < -0.3 is 15.3 Å². The monoisotopic (exact) mass is 282 g/mol. The van der Waals surface area contributed by atoms with Gasteiger partial charge in [-0.25, -0.2) is 0 Å². The maximum atomic E-state index is 10.1. The van der Waals surface area contributed by atoms with Crippen LogP contribution in [0.5, 0.6) is 0 Å². The minimum atomic E-state index is -0.137. The average molecular weight is 282 g/mol. The molecule has 3 heteroatoms. The first-order valence-electron chi connectivity index (χ1n) is 8.64.